The minimum atomic E-state index is -0.922. The Hall–Kier alpha value is -0.950. The number of halogens is 1. The molecule has 1 aromatic rings. The van der Waals surface area contributed by atoms with Crippen molar-refractivity contribution in [2.24, 2.45) is 5.92 Å². The molecule has 7 heteroatoms. The molecule has 0 aromatic carbocycles. The number of H-pyrrole nitrogens is 1. The van der Waals surface area contributed by atoms with E-state index in [0.29, 0.717) is 17.4 Å². The second-order valence-electron chi connectivity index (χ2n) is 4.86. The lowest BCUT2D eigenvalue weighted by Gasteiger charge is -2.26. The Morgan fingerprint density at radius 1 is 1.47 bits per heavy atom. The van der Waals surface area contributed by atoms with Gasteiger partial charge in [-0.25, -0.2) is 4.79 Å². The van der Waals surface area contributed by atoms with Gasteiger partial charge in [0.25, 0.3) is 5.91 Å². The topological polar surface area (TPSA) is 73.4 Å². The van der Waals surface area contributed by atoms with E-state index < -0.39 is 12.0 Å². The molecule has 2 heterocycles. The van der Waals surface area contributed by atoms with Crippen LogP contribution in [-0.4, -0.2) is 44.0 Å². The smallest absolute Gasteiger partial charge is 0.327 e. The van der Waals surface area contributed by atoms with Crippen molar-refractivity contribution in [3.63, 3.8) is 0 Å². The minimum Gasteiger partial charge on any atom is -0.480 e. The Balaban J connectivity index is 1.88. The molecule has 0 radical (unpaired) electrons. The van der Waals surface area contributed by atoms with Crippen molar-refractivity contribution >= 4 is 39.6 Å². The first kappa shape index (κ1) is 13.1. The van der Waals surface area contributed by atoms with Crippen molar-refractivity contribution in [2.75, 3.05) is 5.75 Å². The number of nitrogens with zero attached hydrogens (tertiary/aromatic N) is 1. The number of aromatic amines is 1. The molecular formula is C12H13BrN2O3S. The average Bonchev–Trinajstić information content (AvgIpc) is 2.96. The summed E-state index contributed by atoms with van der Waals surface area (Å²) in [5.41, 5.74) is 0.436. The Morgan fingerprint density at radius 3 is 2.74 bits per heavy atom. The largest absolute Gasteiger partial charge is 0.480 e. The first-order chi connectivity index (χ1) is 9.08. The molecule has 1 aliphatic carbocycles. The zero-order valence-corrected chi connectivity index (χ0v) is 12.4. The predicted molar refractivity (Wildman–Crippen MR) is 75.1 cm³/mol. The molecule has 102 valence electrons. The van der Waals surface area contributed by atoms with Crippen LogP contribution in [0.3, 0.4) is 0 Å². The summed E-state index contributed by atoms with van der Waals surface area (Å²) in [5, 5.41) is 9.29. The van der Waals surface area contributed by atoms with Gasteiger partial charge in [0, 0.05) is 16.4 Å². The molecule has 1 saturated carbocycles. The average molecular weight is 345 g/mol. The van der Waals surface area contributed by atoms with Gasteiger partial charge >= 0.3 is 5.97 Å². The summed E-state index contributed by atoms with van der Waals surface area (Å²) in [6, 6.07) is 0.971. The zero-order chi connectivity index (χ0) is 13.6. The molecule has 1 aliphatic heterocycles. The lowest BCUT2D eigenvalue weighted by atomic mass is 10.2. The molecule has 0 bridgehead atoms. The van der Waals surface area contributed by atoms with E-state index >= 15 is 0 Å². The highest BCUT2D eigenvalue weighted by atomic mass is 79.9. The molecule has 2 unspecified atom stereocenters. The number of carboxylic acid groups (broad SMARTS) is 1. The third-order valence-corrected chi connectivity index (χ3v) is 5.38. The summed E-state index contributed by atoms with van der Waals surface area (Å²) in [6.45, 7) is 0. The summed E-state index contributed by atoms with van der Waals surface area (Å²) in [5.74, 6) is -0.212. The molecule has 2 N–H and O–H groups in total. The molecule has 0 spiro atoms. The van der Waals surface area contributed by atoms with Crippen LogP contribution in [0.1, 0.15) is 23.3 Å². The van der Waals surface area contributed by atoms with E-state index in [1.807, 2.05) is 0 Å². The molecule has 1 aromatic heterocycles. The summed E-state index contributed by atoms with van der Waals surface area (Å²) in [7, 11) is 0. The van der Waals surface area contributed by atoms with Crippen LogP contribution in [0.4, 0.5) is 0 Å². The van der Waals surface area contributed by atoms with Crippen molar-refractivity contribution in [1.29, 1.82) is 0 Å². The van der Waals surface area contributed by atoms with Crippen molar-refractivity contribution in [3.05, 3.63) is 22.4 Å². The zero-order valence-electron chi connectivity index (χ0n) is 10.0. The fraction of sp³-hybridized carbons (Fsp3) is 0.500. The second kappa shape index (κ2) is 4.86. The van der Waals surface area contributed by atoms with Gasteiger partial charge in [-0.15, -0.1) is 11.8 Å². The summed E-state index contributed by atoms with van der Waals surface area (Å²) in [4.78, 5) is 28.3. The SMILES string of the molecule is O=C(O)C1CSC(C2CC2)N1C(=O)c1cc(Br)c[nH]1. The molecule has 2 aliphatic rings. The maximum Gasteiger partial charge on any atom is 0.327 e. The maximum atomic E-state index is 12.5. The Labute approximate surface area is 122 Å². The number of aliphatic carboxylic acids is 1. The minimum absolute atomic E-state index is 0.00988. The Bertz CT molecular complexity index is 529. The highest BCUT2D eigenvalue weighted by molar-refractivity contribution is 9.10. The fourth-order valence-corrected chi connectivity index (χ4v) is 4.32. The van der Waals surface area contributed by atoms with Crippen molar-refractivity contribution < 1.29 is 14.7 Å². The van der Waals surface area contributed by atoms with E-state index in [4.69, 9.17) is 0 Å². The Morgan fingerprint density at radius 2 is 2.21 bits per heavy atom. The van der Waals surface area contributed by atoms with Gasteiger partial charge in [0.1, 0.15) is 11.7 Å². The van der Waals surface area contributed by atoms with E-state index in [9.17, 15) is 14.7 Å². The van der Waals surface area contributed by atoms with E-state index in [1.165, 1.54) is 0 Å². The van der Waals surface area contributed by atoms with Crippen molar-refractivity contribution in [2.45, 2.75) is 24.3 Å². The molecule has 2 atom stereocenters. The predicted octanol–water partition coefficient (Wildman–Crippen LogP) is 2.16. The molecule has 19 heavy (non-hydrogen) atoms. The number of carbonyl (C=O) groups is 2. The second-order valence-corrected chi connectivity index (χ2v) is 6.92. The van der Waals surface area contributed by atoms with Gasteiger partial charge in [-0.1, -0.05) is 0 Å². The standard InChI is InChI=1S/C12H13BrN2O3S/c13-7-3-8(14-4-7)10(16)15-9(12(17)18)5-19-11(15)6-1-2-6/h3-4,6,9,11,14H,1-2,5H2,(H,17,18). The highest BCUT2D eigenvalue weighted by Crippen LogP contribution is 2.45. The Kier molecular flexibility index (Phi) is 3.34. The van der Waals surface area contributed by atoms with Crippen LogP contribution in [-0.2, 0) is 4.79 Å². The van der Waals surface area contributed by atoms with E-state index in [1.54, 1.807) is 28.9 Å². The number of carboxylic acids is 1. The molecular weight excluding hydrogens is 332 g/mol. The van der Waals surface area contributed by atoms with E-state index in [-0.39, 0.29) is 11.3 Å². The van der Waals surface area contributed by atoms with Crippen LogP contribution in [0.5, 0.6) is 0 Å². The van der Waals surface area contributed by atoms with Gasteiger partial charge in [-0.2, -0.15) is 0 Å². The number of hydrogen-bond acceptors (Lipinski definition) is 3. The van der Waals surface area contributed by atoms with Gasteiger partial charge in [-0.3, -0.25) is 4.79 Å². The van der Waals surface area contributed by atoms with Crippen LogP contribution < -0.4 is 0 Å². The van der Waals surface area contributed by atoms with E-state index in [2.05, 4.69) is 20.9 Å². The normalized spacial score (nSPS) is 26.7. The van der Waals surface area contributed by atoms with Crippen LogP contribution in [0.25, 0.3) is 0 Å². The number of aromatic nitrogens is 1. The maximum absolute atomic E-state index is 12.5. The van der Waals surface area contributed by atoms with Gasteiger partial charge in [-0.05, 0) is 40.8 Å². The third kappa shape index (κ3) is 2.41. The number of nitrogens with one attached hydrogen (secondary N) is 1. The molecule has 3 rings (SSSR count). The third-order valence-electron chi connectivity index (χ3n) is 3.46. The van der Waals surface area contributed by atoms with Crippen LogP contribution in [0.15, 0.2) is 16.7 Å². The van der Waals surface area contributed by atoms with Crippen molar-refractivity contribution in [3.8, 4) is 0 Å². The first-order valence-corrected chi connectivity index (χ1v) is 7.93. The molecule has 1 saturated heterocycles. The first-order valence-electron chi connectivity index (χ1n) is 6.09. The monoisotopic (exact) mass is 344 g/mol. The lowest BCUT2D eigenvalue weighted by Crippen LogP contribution is -2.46. The van der Waals surface area contributed by atoms with Crippen LogP contribution in [0, 0.1) is 5.92 Å². The summed E-state index contributed by atoms with van der Waals surface area (Å²) in [6.07, 6.45) is 3.85. The van der Waals surface area contributed by atoms with Gasteiger partial charge in [0.2, 0.25) is 0 Å². The van der Waals surface area contributed by atoms with Crippen molar-refractivity contribution in [1.82, 2.24) is 9.88 Å². The van der Waals surface area contributed by atoms with Gasteiger partial charge in [0.05, 0.1) is 5.37 Å². The highest BCUT2D eigenvalue weighted by Gasteiger charge is 2.48. The molecule has 5 nitrogen and oxygen atoms in total. The number of thioether (sulfide) groups is 1. The molecule has 2 fully saturated rings. The number of amides is 1. The fourth-order valence-electron chi connectivity index (χ4n) is 2.35. The quantitative estimate of drug-likeness (QED) is 0.881. The van der Waals surface area contributed by atoms with Crippen LogP contribution >= 0.6 is 27.7 Å². The summed E-state index contributed by atoms with van der Waals surface area (Å²) < 4.78 is 0.789. The lowest BCUT2D eigenvalue weighted by molar-refractivity contribution is -0.141. The summed E-state index contributed by atoms with van der Waals surface area (Å²) >= 11 is 4.87. The van der Waals surface area contributed by atoms with Gasteiger partial charge < -0.3 is 15.0 Å². The van der Waals surface area contributed by atoms with E-state index in [0.717, 1.165) is 17.3 Å². The number of hydrogen-bond donors (Lipinski definition) is 2. The number of rotatable bonds is 3. The van der Waals surface area contributed by atoms with Gasteiger partial charge in [0.15, 0.2) is 0 Å². The molecule has 1 amide bonds. The number of carbonyl (C=O) groups excluding carboxylic acids is 1. The van der Waals surface area contributed by atoms with Crippen LogP contribution in [0.2, 0.25) is 0 Å².